The molecule has 1 saturated carbocycles. The van der Waals surface area contributed by atoms with Crippen LogP contribution < -0.4 is 5.14 Å². The number of nitrogens with zero attached hydrogens (tertiary/aromatic N) is 3. The zero-order chi connectivity index (χ0) is 28.4. The fourth-order valence-corrected chi connectivity index (χ4v) is 6.44. The van der Waals surface area contributed by atoms with Crippen LogP contribution in [0.4, 0.5) is 13.2 Å². The third kappa shape index (κ3) is 7.39. The Morgan fingerprint density at radius 3 is 2.38 bits per heavy atom. The lowest BCUT2D eigenvalue weighted by molar-refractivity contribution is -0.137. The number of benzene rings is 2. The summed E-state index contributed by atoms with van der Waals surface area (Å²) in [4.78, 5) is 2.50. The van der Waals surface area contributed by atoms with E-state index in [1.807, 2.05) is 6.92 Å². The molecule has 39 heavy (non-hydrogen) atoms. The molecular weight excluding hydrogens is 545 g/mol. The normalized spacial score (nSPS) is 22.5. The summed E-state index contributed by atoms with van der Waals surface area (Å²) in [6.07, 6.45) is -1.21. The smallest absolute Gasteiger partial charge is 0.303 e. The SMILES string of the molecule is C=C(C)/C(=N\N=C(/C)c1ccc(S(N)(=O)=O)cc1)SCCCN1CC[C@]2(C[C@@H]2c2ccc(C(F)(F)F)cc2)C1. The highest BCUT2D eigenvalue weighted by Crippen LogP contribution is 2.64. The second-order valence-electron chi connectivity index (χ2n) is 10.4. The van der Waals surface area contributed by atoms with Crippen LogP contribution >= 0.6 is 11.8 Å². The molecule has 2 aromatic rings. The highest BCUT2D eigenvalue weighted by Gasteiger charge is 2.57. The summed E-state index contributed by atoms with van der Waals surface area (Å²) >= 11 is 1.60. The number of nitrogens with two attached hydrogens (primary N) is 1. The topological polar surface area (TPSA) is 88.1 Å². The van der Waals surface area contributed by atoms with Crippen molar-refractivity contribution in [2.45, 2.75) is 50.1 Å². The van der Waals surface area contributed by atoms with Crippen molar-refractivity contribution in [1.82, 2.24) is 4.90 Å². The Labute approximate surface area is 232 Å². The molecule has 2 aromatic carbocycles. The minimum absolute atomic E-state index is 0.0430. The van der Waals surface area contributed by atoms with Gasteiger partial charge in [-0.1, -0.05) is 30.8 Å². The molecule has 1 spiro atoms. The van der Waals surface area contributed by atoms with Crippen LogP contribution in [-0.2, 0) is 16.2 Å². The number of sulfonamides is 1. The van der Waals surface area contributed by atoms with Crippen LogP contribution in [0.15, 0.2) is 75.8 Å². The molecule has 210 valence electrons. The lowest BCUT2D eigenvalue weighted by Crippen LogP contribution is -2.23. The molecule has 0 radical (unpaired) electrons. The second kappa shape index (κ2) is 11.6. The van der Waals surface area contributed by atoms with E-state index in [0.29, 0.717) is 11.6 Å². The maximum atomic E-state index is 12.9. The predicted octanol–water partition coefficient (Wildman–Crippen LogP) is 6.05. The van der Waals surface area contributed by atoms with Crippen LogP contribution in [-0.4, -0.2) is 49.5 Å². The summed E-state index contributed by atoms with van der Waals surface area (Å²) in [5.41, 5.74) is 2.83. The summed E-state index contributed by atoms with van der Waals surface area (Å²) < 4.78 is 61.5. The van der Waals surface area contributed by atoms with E-state index in [9.17, 15) is 21.6 Å². The van der Waals surface area contributed by atoms with Crippen LogP contribution in [0, 0.1) is 5.41 Å². The van der Waals surface area contributed by atoms with Crippen molar-refractivity contribution in [2.75, 3.05) is 25.4 Å². The van der Waals surface area contributed by atoms with Crippen LogP contribution in [0.1, 0.15) is 55.7 Å². The van der Waals surface area contributed by atoms with Crippen molar-refractivity contribution in [3.05, 3.63) is 77.4 Å². The molecule has 2 atom stereocenters. The number of hydrogen-bond acceptors (Lipinski definition) is 6. The summed E-state index contributed by atoms with van der Waals surface area (Å²) in [5.74, 6) is 1.20. The molecule has 0 bridgehead atoms. The molecule has 1 aliphatic carbocycles. The largest absolute Gasteiger partial charge is 0.416 e. The summed E-state index contributed by atoms with van der Waals surface area (Å²) in [6.45, 7) is 10.6. The van der Waals surface area contributed by atoms with Crippen LogP contribution in [0.5, 0.6) is 0 Å². The third-order valence-corrected chi connectivity index (χ3v) is 9.53. The number of alkyl halides is 3. The van der Waals surface area contributed by atoms with Gasteiger partial charge in [-0.2, -0.15) is 18.3 Å². The number of halogens is 3. The summed E-state index contributed by atoms with van der Waals surface area (Å²) in [6, 6.07) is 11.9. The first-order valence-corrected chi connectivity index (χ1v) is 15.3. The first kappa shape index (κ1) is 29.5. The van der Waals surface area contributed by atoms with E-state index in [2.05, 4.69) is 21.7 Å². The molecule has 6 nitrogen and oxygen atoms in total. The number of thioether (sulfide) groups is 1. The Morgan fingerprint density at radius 1 is 1.13 bits per heavy atom. The first-order chi connectivity index (χ1) is 18.3. The predicted molar refractivity (Wildman–Crippen MR) is 152 cm³/mol. The Bertz CT molecular complexity index is 1370. The van der Waals surface area contributed by atoms with Gasteiger partial charge in [-0.25, -0.2) is 13.6 Å². The highest BCUT2D eigenvalue weighted by molar-refractivity contribution is 8.14. The van der Waals surface area contributed by atoms with Gasteiger partial charge in [0.2, 0.25) is 10.0 Å². The van der Waals surface area contributed by atoms with Crippen LogP contribution in [0.2, 0.25) is 0 Å². The van der Waals surface area contributed by atoms with Gasteiger partial charge in [0, 0.05) is 12.3 Å². The van der Waals surface area contributed by atoms with Crippen molar-refractivity contribution >= 4 is 32.5 Å². The Balaban J connectivity index is 1.25. The van der Waals surface area contributed by atoms with Crippen molar-refractivity contribution in [3.63, 3.8) is 0 Å². The highest BCUT2D eigenvalue weighted by atomic mass is 32.2. The van der Waals surface area contributed by atoms with E-state index >= 15 is 0 Å². The molecule has 2 aliphatic rings. The number of likely N-dealkylation sites (tertiary alicyclic amines) is 1. The average Bonchev–Trinajstić information content (AvgIpc) is 3.43. The molecule has 11 heteroatoms. The Hall–Kier alpha value is -2.47. The number of primary sulfonamides is 1. The third-order valence-electron chi connectivity index (χ3n) is 7.41. The molecule has 2 fully saturated rings. The van der Waals surface area contributed by atoms with Gasteiger partial charge in [0.1, 0.15) is 5.04 Å². The van der Waals surface area contributed by atoms with E-state index in [1.54, 1.807) is 43.0 Å². The molecule has 1 heterocycles. The number of rotatable bonds is 9. The van der Waals surface area contributed by atoms with Gasteiger partial charge >= 0.3 is 6.18 Å². The zero-order valence-corrected chi connectivity index (χ0v) is 23.7. The number of hydrogen-bond donors (Lipinski definition) is 1. The molecular formula is C28H33F3N4O2S2. The Kier molecular flexibility index (Phi) is 8.75. The van der Waals surface area contributed by atoms with Gasteiger partial charge in [-0.05, 0) is 98.5 Å². The lowest BCUT2D eigenvalue weighted by Gasteiger charge is -2.16. The fraction of sp³-hybridized carbons (Fsp3) is 0.429. The van der Waals surface area contributed by atoms with Crippen LogP contribution in [0.3, 0.4) is 0 Å². The van der Waals surface area contributed by atoms with Gasteiger partial charge in [-0.3, -0.25) is 0 Å². The molecule has 0 amide bonds. The molecule has 2 N–H and O–H groups in total. The van der Waals surface area contributed by atoms with E-state index in [1.165, 1.54) is 24.3 Å². The van der Waals surface area contributed by atoms with Crippen molar-refractivity contribution in [3.8, 4) is 0 Å². The average molecular weight is 579 g/mol. The molecule has 0 aromatic heterocycles. The Morgan fingerprint density at radius 2 is 1.79 bits per heavy atom. The fourth-order valence-electron chi connectivity index (χ4n) is 5.11. The monoisotopic (exact) mass is 578 g/mol. The van der Waals surface area contributed by atoms with Crippen LogP contribution in [0.25, 0.3) is 0 Å². The summed E-state index contributed by atoms with van der Waals surface area (Å²) in [5, 5.41) is 14.6. The summed E-state index contributed by atoms with van der Waals surface area (Å²) in [7, 11) is -3.75. The van der Waals surface area contributed by atoms with Crippen molar-refractivity contribution < 1.29 is 21.6 Å². The minimum Gasteiger partial charge on any atom is -0.303 e. The second-order valence-corrected chi connectivity index (χ2v) is 13.1. The molecule has 0 unspecified atom stereocenters. The standard InChI is InChI=1S/C28H33F3N4O2S2/c1-19(2)26(34-33-20(3)21-7-11-24(12-8-21)39(32,36)37)38-16-4-14-35-15-13-27(18-35)17-25(27)22-5-9-23(10-6-22)28(29,30)31/h5-12,25H,1,4,13-18H2,2-3H3,(H2,32,36,37)/b33-20+,34-26+/t25-,27+/m1/s1. The minimum atomic E-state index is -4.30. The van der Waals surface area contributed by atoms with E-state index < -0.39 is 21.8 Å². The van der Waals surface area contributed by atoms with Gasteiger partial charge in [0.15, 0.2) is 0 Å². The van der Waals surface area contributed by atoms with E-state index in [4.69, 9.17) is 5.14 Å². The zero-order valence-electron chi connectivity index (χ0n) is 22.0. The molecule has 1 aliphatic heterocycles. The van der Waals surface area contributed by atoms with Gasteiger partial charge in [-0.15, -0.1) is 16.9 Å². The molecule has 1 saturated heterocycles. The van der Waals surface area contributed by atoms with Gasteiger partial charge < -0.3 is 4.90 Å². The van der Waals surface area contributed by atoms with E-state index in [-0.39, 0.29) is 10.3 Å². The van der Waals surface area contributed by atoms with Crippen molar-refractivity contribution in [1.29, 1.82) is 0 Å². The maximum absolute atomic E-state index is 12.9. The lowest BCUT2D eigenvalue weighted by atomic mass is 9.97. The quantitative estimate of drug-likeness (QED) is 0.170. The molecule has 4 rings (SSSR count). The van der Waals surface area contributed by atoms with E-state index in [0.717, 1.165) is 66.4 Å². The van der Waals surface area contributed by atoms with Gasteiger partial charge in [0.25, 0.3) is 0 Å². The first-order valence-electron chi connectivity index (χ1n) is 12.7. The van der Waals surface area contributed by atoms with Gasteiger partial charge in [0.05, 0.1) is 16.2 Å². The maximum Gasteiger partial charge on any atom is 0.416 e. The van der Waals surface area contributed by atoms with Crippen molar-refractivity contribution in [2.24, 2.45) is 20.8 Å².